The molecule has 0 fully saturated rings. The molecule has 0 saturated heterocycles. The Morgan fingerprint density at radius 2 is 1.96 bits per heavy atom. The Morgan fingerprint density at radius 3 is 2.74 bits per heavy atom. The van der Waals surface area contributed by atoms with Crippen molar-refractivity contribution in [2.24, 2.45) is 0 Å². The number of rotatable bonds is 5. The molecule has 0 heterocycles. The van der Waals surface area contributed by atoms with E-state index in [4.69, 9.17) is 0 Å². The van der Waals surface area contributed by atoms with Gasteiger partial charge in [0.05, 0.1) is 12.1 Å². The van der Waals surface area contributed by atoms with Gasteiger partial charge in [-0.1, -0.05) is 49.4 Å². The predicted molar refractivity (Wildman–Crippen MR) is 94.6 cm³/mol. The number of hydrogen-bond donors (Lipinski definition) is 2. The molecule has 4 heteroatoms. The first kappa shape index (κ1) is 16.1. The number of nitrogens with one attached hydrogen (secondary N) is 1. The molecule has 0 saturated carbocycles. The molecule has 2 N–H and O–H groups in total. The van der Waals surface area contributed by atoms with Gasteiger partial charge in [0.15, 0.2) is 0 Å². The molecule has 0 bridgehead atoms. The lowest BCUT2D eigenvalue weighted by Crippen LogP contribution is -2.38. The molecule has 0 unspecified atom stereocenters. The SMILES string of the molecule is CCSCc1ccccc1C(=O)N[C@H]1Cc2ccccc2[C@@H]1O. The average Bonchev–Trinajstić information content (AvgIpc) is 2.89. The molecule has 1 amide bonds. The van der Waals surface area contributed by atoms with Crippen molar-refractivity contribution in [3.8, 4) is 0 Å². The van der Waals surface area contributed by atoms with Crippen LogP contribution in [-0.2, 0) is 12.2 Å². The van der Waals surface area contributed by atoms with E-state index in [2.05, 4.69) is 12.2 Å². The minimum atomic E-state index is -0.632. The van der Waals surface area contributed by atoms with Gasteiger partial charge in [0.2, 0.25) is 0 Å². The lowest BCUT2D eigenvalue weighted by molar-refractivity contribution is 0.0858. The zero-order chi connectivity index (χ0) is 16.2. The second-order valence-electron chi connectivity index (χ2n) is 5.72. The quantitative estimate of drug-likeness (QED) is 0.885. The fourth-order valence-corrected chi connectivity index (χ4v) is 3.71. The molecule has 120 valence electrons. The summed E-state index contributed by atoms with van der Waals surface area (Å²) in [6.07, 6.45) is 0.0434. The van der Waals surface area contributed by atoms with E-state index in [9.17, 15) is 9.90 Å². The average molecular weight is 327 g/mol. The maximum Gasteiger partial charge on any atom is 0.251 e. The van der Waals surface area contributed by atoms with E-state index >= 15 is 0 Å². The van der Waals surface area contributed by atoms with E-state index < -0.39 is 6.10 Å². The Balaban J connectivity index is 1.74. The first-order chi connectivity index (χ1) is 11.2. The Kier molecular flexibility index (Phi) is 5.03. The second-order valence-corrected chi connectivity index (χ2v) is 7.00. The lowest BCUT2D eigenvalue weighted by atomic mass is 10.1. The summed E-state index contributed by atoms with van der Waals surface area (Å²) in [4.78, 5) is 12.6. The van der Waals surface area contributed by atoms with Gasteiger partial charge in [-0.25, -0.2) is 0 Å². The Morgan fingerprint density at radius 1 is 1.22 bits per heavy atom. The minimum absolute atomic E-state index is 0.103. The van der Waals surface area contributed by atoms with Crippen LogP contribution in [0.5, 0.6) is 0 Å². The molecule has 1 aliphatic carbocycles. The second kappa shape index (κ2) is 7.20. The zero-order valence-corrected chi connectivity index (χ0v) is 14.0. The molecule has 0 radical (unpaired) electrons. The number of aliphatic hydroxyl groups excluding tert-OH is 1. The smallest absolute Gasteiger partial charge is 0.251 e. The molecule has 1 aliphatic rings. The number of fused-ring (bicyclic) bond motifs is 1. The minimum Gasteiger partial charge on any atom is -0.386 e. The predicted octanol–water partition coefficient (Wildman–Crippen LogP) is 3.33. The first-order valence-electron chi connectivity index (χ1n) is 7.93. The number of hydrogen-bond acceptors (Lipinski definition) is 3. The van der Waals surface area contributed by atoms with Gasteiger partial charge >= 0.3 is 0 Å². The van der Waals surface area contributed by atoms with E-state index in [0.717, 1.165) is 28.2 Å². The summed E-state index contributed by atoms with van der Waals surface area (Å²) in [5.41, 5.74) is 3.78. The van der Waals surface area contributed by atoms with Gasteiger partial charge in [-0.05, 0) is 34.9 Å². The van der Waals surface area contributed by atoms with Gasteiger partial charge in [0, 0.05) is 11.3 Å². The van der Waals surface area contributed by atoms with Crippen molar-refractivity contribution in [3.63, 3.8) is 0 Å². The third-order valence-electron chi connectivity index (χ3n) is 4.23. The molecule has 0 spiro atoms. The normalized spacial score (nSPS) is 19.4. The lowest BCUT2D eigenvalue weighted by Gasteiger charge is -2.18. The molecule has 2 aromatic carbocycles. The van der Waals surface area contributed by atoms with Crippen LogP contribution in [0.1, 0.15) is 40.1 Å². The van der Waals surface area contributed by atoms with Gasteiger partial charge in [-0.3, -0.25) is 4.79 Å². The van der Waals surface area contributed by atoms with Crippen LogP contribution in [0.4, 0.5) is 0 Å². The number of carbonyl (C=O) groups is 1. The molecule has 2 atom stereocenters. The molecule has 0 aromatic heterocycles. The van der Waals surface area contributed by atoms with Crippen molar-refractivity contribution in [1.29, 1.82) is 0 Å². The van der Waals surface area contributed by atoms with Gasteiger partial charge in [-0.2, -0.15) is 11.8 Å². The first-order valence-corrected chi connectivity index (χ1v) is 9.08. The van der Waals surface area contributed by atoms with E-state index in [1.165, 1.54) is 0 Å². The molecule has 2 aromatic rings. The maximum absolute atomic E-state index is 12.6. The number of thioether (sulfide) groups is 1. The fraction of sp³-hybridized carbons (Fsp3) is 0.316. The highest BCUT2D eigenvalue weighted by Crippen LogP contribution is 2.31. The van der Waals surface area contributed by atoms with Crippen LogP contribution in [0.3, 0.4) is 0 Å². The zero-order valence-electron chi connectivity index (χ0n) is 13.2. The highest BCUT2D eigenvalue weighted by molar-refractivity contribution is 7.98. The Hall–Kier alpha value is -1.78. The number of amides is 1. The van der Waals surface area contributed by atoms with Gasteiger partial charge < -0.3 is 10.4 Å². The van der Waals surface area contributed by atoms with Crippen LogP contribution in [-0.4, -0.2) is 22.8 Å². The van der Waals surface area contributed by atoms with Crippen molar-refractivity contribution in [3.05, 3.63) is 70.8 Å². The number of benzene rings is 2. The summed E-state index contributed by atoms with van der Waals surface area (Å²) >= 11 is 1.80. The molecule has 23 heavy (non-hydrogen) atoms. The van der Waals surface area contributed by atoms with E-state index in [-0.39, 0.29) is 11.9 Å². The maximum atomic E-state index is 12.6. The Labute approximate surface area is 141 Å². The summed E-state index contributed by atoms with van der Waals surface area (Å²) in [5.74, 6) is 1.74. The van der Waals surface area contributed by atoms with E-state index in [1.54, 1.807) is 11.8 Å². The highest BCUT2D eigenvalue weighted by Gasteiger charge is 2.32. The van der Waals surface area contributed by atoms with Crippen LogP contribution in [0.2, 0.25) is 0 Å². The standard InChI is InChI=1S/C19H21NO2S/c1-2-23-12-14-8-4-6-10-16(14)19(22)20-17-11-13-7-3-5-9-15(13)18(17)21/h3-10,17-18,21H,2,11-12H2,1H3,(H,20,22)/t17-,18-/m0/s1. The number of aliphatic hydroxyl groups is 1. The van der Waals surface area contributed by atoms with Crippen molar-refractivity contribution < 1.29 is 9.90 Å². The summed E-state index contributed by atoms with van der Waals surface area (Å²) in [7, 11) is 0. The van der Waals surface area contributed by atoms with Crippen LogP contribution in [0, 0.1) is 0 Å². The van der Waals surface area contributed by atoms with Crippen LogP contribution in [0.15, 0.2) is 48.5 Å². The molecule has 3 nitrogen and oxygen atoms in total. The van der Waals surface area contributed by atoms with E-state index in [1.807, 2.05) is 48.5 Å². The van der Waals surface area contributed by atoms with Gasteiger partial charge in [0.25, 0.3) is 5.91 Å². The summed E-state index contributed by atoms with van der Waals surface area (Å²) in [5, 5.41) is 13.4. The van der Waals surface area contributed by atoms with Crippen molar-refractivity contribution in [1.82, 2.24) is 5.32 Å². The molecular formula is C19H21NO2S. The van der Waals surface area contributed by atoms with Crippen molar-refractivity contribution in [2.45, 2.75) is 31.2 Å². The van der Waals surface area contributed by atoms with Crippen LogP contribution in [0.25, 0.3) is 0 Å². The largest absolute Gasteiger partial charge is 0.386 e. The summed E-state index contributed by atoms with van der Waals surface area (Å²) < 4.78 is 0. The molecule has 0 aliphatic heterocycles. The summed E-state index contributed by atoms with van der Waals surface area (Å²) in [6.45, 7) is 2.11. The van der Waals surface area contributed by atoms with Gasteiger partial charge in [0.1, 0.15) is 0 Å². The van der Waals surface area contributed by atoms with Crippen molar-refractivity contribution >= 4 is 17.7 Å². The van der Waals surface area contributed by atoms with Crippen LogP contribution >= 0.6 is 11.8 Å². The summed E-state index contributed by atoms with van der Waals surface area (Å²) in [6, 6.07) is 15.3. The van der Waals surface area contributed by atoms with Crippen molar-refractivity contribution in [2.75, 3.05) is 5.75 Å². The monoisotopic (exact) mass is 327 g/mol. The fourth-order valence-electron chi connectivity index (χ4n) is 3.03. The molecule has 3 rings (SSSR count). The number of carbonyl (C=O) groups excluding carboxylic acids is 1. The van der Waals surface area contributed by atoms with Crippen LogP contribution < -0.4 is 5.32 Å². The third-order valence-corrected chi connectivity index (χ3v) is 5.16. The topological polar surface area (TPSA) is 49.3 Å². The highest BCUT2D eigenvalue weighted by atomic mass is 32.2. The molecular weight excluding hydrogens is 306 g/mol. The Bertz CT molecular complexity index is 701. The third kappa shape index (κ3) is 3.43. The van der Waals surface area contributed by atoms with Gasteiger partial charge in [-0.15, -0.1) is 0 Å². The van der Waals surface area contributed by atoms with E-state index in [0.29, 0.717) is 12.0 Å².